The first-order valence-corrected chi connectivity index (χ1v) is 8.46. The van der Waals surface area contributed by atoms with E-state index >= 15 is 0 Å². The number of halogens is 2. The SMILES string of the molecule is COCCNCC(Cc1ccc(Cl)s1)c1ccccc1Cl. The molecule has 0 spiro atoms. The first-order valence-electron chi connectivity index (χ1n) is 6.89. The molecule has 0 aliphatic heterocycles. The van der Waals surface area contributed by atoms with Gasteiger partial charge in [0.1, 0.15) is 0 Å². The molecule has 0 saturated heterocycles. The Kier molecular flexibility index (Phi) is 7.00. The van der Waals surface area contributed by atoms with Gasteiger partial charge in [-0.25, -0.2) is 0 Å². The zero-order valence-electron chi connectivity index (χ0n) is 11.9. The molecule has 0 radical (unpaired) electrons. The third kappa shape index (κ3) is 5.28. The fourth-order valence-corrected chi connectivity index (χ4v) is 3.71. The lowest BCUT2D eigenvalue weighted by Gasteiger charge is -2.19. The van der Waals surface area contributed by atoms with Crippen molar-refractivity contribution in [1.82, 2.24) is 5.32 Å². The van der Waals surface area contributed by atoms with Crippen molar-refractivity contribution in [2.45, 2.75) is 12.3 Å². The minimum absolute atomic E-state index is 0.324. The highest BCUT2D eigenvalue weighted by Crippen LogP contribution is 2.30. The Morgan fingerprint density at radius 3 is 2.67 bits per heavy atom. The van der Waals surface area contributed by atoms with Gasteiger partial charge in [0, 0.05) is 36.0 Å². The standard InChI is InChI=1S/C16H19Cl2NOS/c1-20-9-8-19-11-12(10-13-6-7-16(18)21-13)14-4-2-3-5-15(14)17/h2-7,12,19H,8-11H2,1H3. The molecular formula is C16H19Cl2NOS. The summed E-state index contributed by atoms with van der Waals surface area (Å²) in [6.07, 6.45) is 0.932. The van der Waals surface area contributed by atoms with Crippen molar-refractivity contribution in [2.75, 3.05) is 26.8 Å². The third-order valence-corrected chi connectivity index (χ3v) is 4.89. The summed E-state index contributed by atoms with van der Waals surface area (Å²) in [4.78, 5) is 1.28. The van der Waals surface area contributed by atoms with E-state index in [0.29, 0.717) is 12.5 Å². The summed E-state index contributed by atoms with van der Waals surface area (Å²) in [7, 11) is 1.71. The highest BCUT2D eigenvalue weighted by atomic mass is 35.5. The maximum absolute atomic E-state index is 6.36. The quantitative estimate of drug-likeness (QED) is 0.706. The molecule has 1 aromatic carbocycles. The summed E-state index contributed by atoms with van der Waals surface area (Å²) in [5.41, 5.74) is 1.17. The lowest BCUT2D eigenvalue weighted by molar-refractivity contribution is 0.199. The highest BCUT2D eigenvalue weighted by Gasteiger charge is 2.16. The molecule has 1 atom stereocenters. The fraction of sp³-hybridized carbons (Fsp3) is 0.375. The van der Waals surface area contributed by atoms with Crippen LogP contribution in [0.1, 0.15) is 16.4 Å². The van der Waals surface area contributed by atoms with Gasteiger partial charge in [0.2, 0.25) is 0 Å². The van der Waals surface area contributed by atoms with E-state index in [1.807, 2.05) is 24.3 Å². The molecule has 0 fully saturated rings. The van der Waals surface area contributed by atoms with E-state index in [9.17, 15) is 0 Å². The van der Waals surface area contributed by atoms with Crippen LogP contribution in [0.15, 0.2) is 36.4 Å². The summed E-state index contributed by atoms with van der Waals surface area (Å²) in [5.74, 6) is 0.324. The molecule has 1 N–H and O–H groups in total. The number of rotatable bonds is 8. The van der Waals surface area contributed by atoms with Crippen molar-refractivity contribution >= 4 is 34.5 Å². The number of benzene rings is 1. The lowest BCUT2D eigenvalue weighted by Crippen LogP contribution is -2.26. The number of methoxy groups -OCH3 is 1. The molecule has 2 aromatic rings. The zero-order chi connectivity index (χ0) is 15.1. The Bertz CT molecular complexity index is 559. The van der Waals surface area contributed by atoms with Crippen LogP contribution in [0.3, 0.4) is 0 Å². The minimum Gasteiger partial charge on any atom is -0.383 e. The molecule has 5 heteroatoms. The van der Waals surface area contributed by atoms with E-state index in [4.69, 9.17) is 27.9 Å². The lowest BCUT2D eigenvalue weighted by atomic mass is 9.95. The molecule has 0 bridgehead atoms. The van der Waals surface area contributed by atoms with Gasteiger partial charge < -0.3 is 10.1 Å². The van der Waals surface area contributed by atoms with Crippen molar-refractivity contribution in [3.05, 3.63) is 56.2 Å². The molecule has 0 saturated carbocycles. The van der Waals surface area contributed by atoms with E-state index in [0.717, 1.165) is 28.9 Å². The van der Waals surface area contributed by atoms with Crippen LogP contribution in [0, 0.1) is 0 Å². The highest BCUT2D eigenvalue weighted by molar-refractivity contribution is 7.16. The Balaban J connectivity index is 2.08. The van der Waals surface area contributed by atoms with Gasteiger partial charge in [-0.3, -0.25) is 0 Å². The minimum atomic E-state index is 0.324. The van der Waals surface area contributed by atoms with E-state index in [-0.39, 0.29) is 0 Å². The summed E-state index contributed by atoms with van der Waals surface area (Å²) < 4.78 is 5.90. The van der Waals surface area contributed by atoms with Crippen LogP contribution in [-0.4, -0.2) is 26.8 Å². The average Bonchev–Trinajstić information content (AvgIpc) is 2.88. The predicted octanol–water partition coefficient (Wildman–Crippen LogP) is 4.62. The molecular weight excluding hydrogens is 325 g/mol. The Morgan fingerprint density at radius 2 is 2.00 bits per heavy atom. The van der Waals surface area contributed by atoms with Gasteiger partial charge in [-0.05, 0) is 30.2 Å². The molecule has 2 rings (SSSR count). The monoisotopic (exact) mass is 343 g/mol. The van der Waals surface area contributed by atoms with Crippen LogP contribution in [0.25, 0.3) is 0 Å². The first kappa shape index (κ1) is 16.8. The number of ether oxygens (including phenoxy) is 1. The fourth-order valence-electron chi connectivity index (χ4n) is 2.25. The van der Waals surface area contributed by atoms with Crippen LogP contribution < -0.4 is 5.32 Å². The number of hydrogen-bond donors (Lipinski definition) is 1. The van der Waals surface area contributed by atoms with Gasteiger partial charge in [-0.1, -0.05) is 41.4 Å². The van der Waals surface area contributed by atoms with E-state index in [2.05, 4.69) is 17.4 Å². The Labute approximate surface area is 140 Å². The second-order valence-corrected chi connectivity index (χ2v) is 7.03. The molecule has 0 aliphatic rings. The van der Waals surface area contributed by atoms with Gasteiger partial charge in [0.25, 0.3) is 0 Å². The molecule has 2 nitrogen and oxygen atoms in total. The Morgan fingerprint density at radius 1 is 1.19 bits per heavy atom. The number of thiophene rings is 1. The predicted molar refractivity (Wildman–Crippen MR) is 92.0 cm³/mol. The molecule has 1 aromatic heterocycles. The summed E-state index contributed by atoms with van der Waals surface area (Å²) >= 11 is 14.0. The normalized spacial score (nSPS) is 12.5. The maximum Gasteiger partial charge on any atom is 0.0931 e. The number of nitrogens with one attached hydrogen (secondary N) is 1. The zero-order valence-corrected chi connectivity index (χ0v) is 14.3. The third-order valence-electron chi connectivity index (χ3n) is 3.30. The van der Waals surface area contributed by atoms with Crippen LogP contribution in [0.4, 0.5) is 0 Å². The van der Waals surface area contributed by atoms with Crippen molar-refractivity contribution in [3.63, 3.8) is 0 Å². The van der Waals surface area contributed by atoms with Crippen molar-refractivity contribution < 1.29 is 4.74 Å². The molecule has 1 unspecified atom stereocenters. The molecule has 0 aliphatic carbocycles. The maximum atomic E-state index is 6.36. The smallest absolute Gasteiger partial charge is 0.0931 e. The Hall–Kier alpha value is -0.580. The van der Waals surface area contributed by atoms with Crippen molar-refractivity contribution in [1.29, 1.82) is 0 Å². The summed E-state index contributed by atoms with van der Waals surface area (Å²) in [5, 5.41) is 4.25. The van der Waals surface area contributed by atoms with Crippen LogP contribution in [0.5, 0.6) is 0 Å². The van der Waals surface area contributed by atoms with Gasteiger partial charge in [0.05, 0.1) is 10.9 Å². The average molecular weight is 344 g/mol. The first-order chi connectivity index (χ1) is 10.2. The van der Waals surface area contributed by atoms with Crippen LogP contribution in [-0.2, 0) is 11.2 Å². The molecule has 21 heavy (non-hydrogen) atoms. The van der Waals surface area contributed by atoms with E-state index < -0.39 is 0 Å². The van der Waals surface area contributed by atoms with Crippen LogP contribution >= 0.6 is 34.5 Å². The molecule has 0 amide bonds. The van der Waals surface area contributed by atoms with E-state index in [1.165, 1.54) is 10.4 Å². The molecule has 1 heterocycles. The molecule has 114 valence electrons. The van der Waals surface area contributed by atoms with E-state index in [1.54, 1.807) is 18.4 Å². The largest absolute Gasteiger partial charge is 0.383 e. The summed E-state index contributed by atoms with van der Waals surface area (Å²) in [6.45, 7) is 2.41. The second-order valence-electron chi connectivity index (χ2n) is 4.83. The number of hydrogen-bond acceptors (Lipinski definition) is 3. The van der Waals surface area contributed by atoms with Crippen LogP contribution in [0.2, 0.25) is 9.36 Å². The van der Waals surface area contributed by atoms with Gasteiger partial charge >= 0.3 is 0 Å². The topological polar surface area (TPSA) is 21.3 Å². The summed E-state index contributed by atoms with van der Waals surface area (Å²) in [6, 6.07) is 12.1. The second kappa shape index (κ2) is 8.76. The van der Waals surface area contributed by atoms with Crippen molar-refractivity contribution in [3.8, 4) is 0 Å². The van der Waals surface area contributed by atoms with Gasteiger partial charge in [0.15, 0.2) is 0 Å². The van der Waals surface area contributed by atoms with Gasteiger partial charge in [-0.2, -0.15) is 0 Å². The van der Waals surface area contributed by atoms with Crippen molar-refractivity contribution in [2.24, 2.45) is 0 Å². The van der Waals surface area contributed by atoms with Gasteiger partial charge in [-0.15, -0.1) is 11.3 Å².